The number of hydrogen-bond donors (Lipinski definition) is 3. The van der Waals surface area contributed by atoms with E-state index < -0.39 is 97.5 Å². The molecule has 0 aromatic heterocycles. The molecular weight excluding hydrogens is 1110 g/mol. The highest BCUT2D eigenvalue weighted by molar-refractivity contribution is 7.47. The molecule has 0 fully saturated rings. The highest BCUT2D eigenvalue weighted by Crippen LogP contribution is 2.45. The lowest BCUT2D eigenvalue weighted by atomic mass is 10.0. The van der Waals surface area contributed by atoms with E-state index in [0.717, 1.165) is 95.8 Å². The van der Waals surface area contributed by atoms with Crippen LogP contribution in [0, 0.1) is 11.8 Å². The molecule has 0 rings (SSSR count). The molecule has 0 aliphatic rings. The average molecular weight is 1240 g/mol. The fourth-order valence-electron chi connectivity index (χ4n) is 9.71. The van der Waals surface area contributed by atoms with Crippen molar-refractivity contribution in [3.05, 3.63) is 0 Å². The van der Waals surface area contributed by atoms with Crippen molar-refractivity contribution in [2.24, 2.45) is 11.8 Å². The standard InChI is InChI=1S/C65H126O17P2/c1-7-9-11-13-15-17-18-19-20-21-23-31-37-43-49-64(69)81-60(53-76-63(68)48-42-36-30-25-24-27-33-39-45-57(3)4)55-79-83(71,72)77-51-59(66)52-78-84(73,74)80-56-61(54-75-62(67)47-41-35-29-22-16-14-12-10-8-2)82-65(70)50-44-38-32-26-28-34-40-46-58(5)6/h57-61,66H,7-56H2,1-6H3,(H,71,72)(H,73,74)/t59-,60-,61-/m1/s1. The Morgan fingerprint density at radius 3 is 0.810 bits per heavy atom. The average Bonchev–Trinajstić information content (AvgIpc) is 3.57. The number of phosphoric ester groups is 2. The van der Waals surface area contributed by atoms with Crippen molar-refractivity contribution in [3.63, 3.8) is 0 Å². The van der Waals surface area contributed by atoms with Crippen LogP contribution in [-0.4, -0.2) is 96.7 Å². The lowest BCUT2D eigenvalue weighted by molar-refractivity contribution is -0.161. The predicted octanol–water partition coefficient (Wildman–Crippen LogP) is 18.0. The van der Waals surface area contributed by atoms with Crippen LogP contribution in [0.1, 0.15) is 324 Å². The second kappa shape index (κ2) is 57.5. The van der Waals surface area contributed by atoms with E-state index in [1.54, 1.807) is 0 Å². The molecule has 84 heavy (non-hydrogen) atoms. The summed E-state index contributed by atoms with van der Waals surface area (Å²) in [6, 6.07) is 0. The first-order chi connectivity index (χ1) is 40.4. The van der Waals surface area contributed by atoms with Gasteiger partial charge in [0.2, 0.25) is 0 Å². The number of ether oxygens (including phenoxy) is 4. The van der Waals surface area contributed by atoms with Gasteiger partial charge in [-0.1, -0.05) is 273 Å². The molecule has 0 aromatic rings. The minimum absolute atomic E-state index is 0.103. The molecule has 19 heteroatoms. The minimum Gasteiger partial charge on any atom is -0.462 e. The smallest absolute Gasteiger partial charge is 0.462 e. The summed E-state index contributed by atoms with van der Waals surface area (Å²) in [6.07, 6.45) is 40.4. The molecule has 0 aliphatic heterocycles. The van der Waals surface area contributed by atoms with E-state index in [1.807, 2.05) is 0 Å². The maximum absolute atomic E-state index is 13.0. The largest absolute Gasteiger partial charge is 0.472 e. The molecule has 3 N–H and O–H groups in total. The molecule has 0 radical (unpaired) electrons. The van der Waals surface area contributed by atoms with Gasteiger partial charge in [-0.15, -0.1) is 0 Å². The summed E-state index contributed by atoms with van der Waals surface area (Å²) in [5.41, 5.74) is 0. The minimum atomic E-state index is -4.95. The highest BCUT2D eigenvalue weighted by atomic mass is 31.2. The quantitative estimate of drug-likeness (QED) is 0.0222. The molecule has 0 bridgehead atoms. The zero-order valence-electron chi connectivity index (χ0n) is 54.2. The third-order valence-electron chi connectivity index (χ3n) is 15.0. The Balaban J connectivity index is 5.24. The molecule has 0 aliphatic carbocycles. The Morgan fingerprint density at radius 1 is 0.321 bits per heavy atom. The Morgan fingerprint density at radius 2 is 0.548 bits per heavy atom. The Bertz CT molecular complexity index is 1650. The van der Waals surface area contributed by atoms with Gasteiger partial charge in [0.25, 0.3) is 0 Å². The zero-order chi connectivity index (χ0) is 62.2. The molecule has 498 valence electrons. The molecule has 0 heterocycles. The molecule has 0 aromatic carbocycles. The monoisotopic (exact) mass is 1240 g/mol. The second-order valence-corrected chi connectivity index (χ2v) is 27.4. The molecule has 0 saturated heterocycles. The number of esters is 4. The van der Waals surface area contributed by atoms with Crippen molar-refractivity contribution >= 4 is 39.5 Å². The van der Waals surface area contributed by atoms with Crippen LogP contribution in [0.3, 0.4) is 0 Å². The molecule has 0 saturated carbocycles. The lowest BCUT2D eigenvalue weighted by Gasteiger charge is -2.21. The molecule has 0 spiro atoms. The summed E-state index contributed by atoms with van der Waals surface area (Å²) < 4.78 is 68.0. The van der Waals surface area contributed by atoms with E-state index in [1.165, 1.54) is 141 Å². The summed E-state index contributed by atoms with van der Waals surface area (Å²) in [6.45, 7) is 9.39. The SMILES string of the molecule is CCCCCCCCCCCCCCCCC(=O)O[C@H](COC(=O)CCCCCCCCCCC(C)C)COP(=O)(O)OC[C@@H](O)COP(=O)(O)OC[C@@H](COC(=O)CCCCCCCCCCC)OC(=O)CCCCCCCCCC(C)C. The van der Waals surface area contributed by atoms with E-state index in [9.17, 15) is 43.2 Å². The third-order valence-corrected chi connectivity index (χ3v) is 16.9. The number of hydrogen-bond acceptors (Lipinski definition) is 15. The summed E-state index contributed by atoms with van der Waals surface area (Å²) in [5, 5.41) is 10.5. The topological polar surface area (TPSA) is 237 Å². The van der Waals surface area contributed by atoms with Crippen LogP contribution >= 0.6 is 15.6 Å². The summed E-state index contributed by atoms with van der Waals surface area (Å²) in [4.78, 5) is 72.2. The van der Waals surface area contributed by atoms with Crippen LogP contribution < -0.4 is 0 Å². The number of carbonyl (C=O) groups excluding carboxylic acids is 4. The van der Waals surface area contributed by atoms with Gasteiger partial charge in [-0.3, -0.25) is 37.3 Å². The maximum atomic E-state index is 13.0. The van der Waals surface area contributed by atoms with Crippen LogP contribution in [0.15, 0.2) is 0 Å². The van der Waals surface area contributed by atoms with Crippen molar-refractivity contribution < 1.29 is 80.2 Å². The van der Waals surface area contributed by atoms with Crippen LogP contribution in [-0.2, 0) is 65.4 Å². The van der Waals surface area contributed by atoms with Crippen molar-refractivity contribution in [3.8, 4) is 0 Å². The van der Waals surface area contributed by atoms with Crippen molar-refractivity contribution in [2.45, 2.75) is 342 Å². The summed E-state index contributed by atoms with van der Waals surface area (Å²) >= 11 is 0. The molecule has 17 nitrogen and oxygen atoms in total. The van der Waals surface area contributed by atoms with Gasteiger partial charge in [0.05, 0.1) is 26.4 Å². The second-order valence-electron chi connectivity index (χ2n) is 24.5. The van der Waals surface area contributed by atoms with E-state index in [-0.39, 0.29) is 25.7 Å². The van der Waals surface area contributed by atoms with Crippen LogP contribution in [0.2, 0.25) is 0 Å². The van der Waals surface area contributed by atoms with E-state index >= 15 is 0 Å². The van der Waals surface area contributed by atoms with Crippen LogP contribution in [0.4, 0.5) is 0 Å². The number of carbonyl (C=O) groups is 4. The van der Waals surface area contributed by atoms with Crippen molar-refractivity contribution in [2.75, 3.05) is 39.6 Å². The number of unbranched alkanes of at least 4 members (excludes halogenated alkanes) is 34. The first-order valence-corrected chi connectivity index (χ1v) is 37.0. The number of rotatable bonds is 64. The third kappa shape index (κ3) is 59.0. The zero-order valence-corrected chi connectivity index (χ0v) is 56.0. The first-order valence-electron chi connectivity index (χ1n) is 34.0. The van der Waals surface area contributed by atoms with Gasteiger partial charge in [0, 0.05) is 25.7 Å². The Hall–Kier alpha value is -1.94. The van der Waals surface area contributed by atoms with Gasteiger partial charge in [-0.05, 0) is 37.5 Å². The van der Waals surface area contributed by atoms with Gasteiger partial charge in [0.15, 0.2) is 12.2 Å². The molecule has 2 unspecified atom stereocenters. The van der Waals surface area contributed by atoms with Gasteiger partial charge in [0.1, 0.15) is 19.3 Å². The normalized spacial score (nSPS) is 14.3. The van der Waals surface area contributed by atoms with Gasteiger partial charge < -0.3 is 33.8 Å². The maximum Gasteiger partial charge on any atom is 0.472 e. The molecular formula is C65H126O17P2. The Kier molecular flexibility index (Phi) is 56.2. The van der Waals surface area contributed by atoms with Crippen molar-refractivity contribution in [1.82, 2.24) is 0 Å². The van der Waals surface area contributed by atoms with Gasteiger partial charge in [-0.2, -0.15) is 0 Å². The lowest BCUT2D eigenvalue weighted by Crippen LogP contribution is -2.30. The number of aliphatic hydroxyl groups is 1. The first kappa shape index (κ1) is 82.1. The predicted molar refractivity (Wildman–Crippen MR) is 335 cm³/mol. The highest BCUT2D eigenvalue weighted by Gasteiger charge is 2.30. The van der Waals surface area contributed by atoms with Crippen LogP contribution in [0.5, 0.6) is 0 Å². The van der Waals surface area contributed by atoms with E-state index in [2.05, 4.69) is 41.5 Å². The number of phosphoric acid groups is 2. The summed E-state index contributed by atoms with van der Waals surface area (Å²) in [5.74, 6) is -0.712. The van der Waals surface area contributed by atoms with Crippen LogP contribution in [0.25, 0.3) is 0 Å². The fourth-order valence-corrected chi connectivity index (χ4v) is 11.3. The van der Waals surface area contributed by atoms with Crippen molar-refractivity contribution in [1.29, 1.82) is 0 Å². The van der Waals surface area contributed by atoms with Gasteiger partial charge in [-0.25, -0.2) is 9.13 Å². The van der Waals surface area contributed by atoms with E-state index in [4.69, 9.17) is 37.0 Å². The Labute approximate surface area is 511 Å². The van der Waals surface area contributed by atoms with Gasteiger partial charge >= 0.3 is 39.5 Å². The fraction of sp³-hybridized carbons (Fsp3) is 0.938. The van der Waals surface area contributed by atoms with E-state index in [0.29, 0.717) is 31.6 Å². The molecule has 0 amide bonds. The molecule has 5 atom stereocenters. The summed E-state index contributed by atoms with van der Waals surface area (Å²) in [7, 11) is -9.89. The number of aliphatic hydroxyl groups excluding tert-OH is 1.